The highest BCUT2D eigenvalue weighted by Gasteiger charge is 2.27. The van der Waals surface area contributed by atoms with Crippen LogP contribution in [0.4, 0.5) is 4.79 Å². The quantitative estimate of drug-likeness (QED) is 0.409. The lowest BCUT2D eigenvalue weighted by Crippen LogP contribution is -2.52. The molecule has 1 aromatic carbocycles. The number of amides is 2. The van der Waals surface area contributed by atoms with Gasteiger partial charge in [0.25, 0.3) is 0 Å². The molecule has 0 fully saturated rings. The number of hydrogen-bond donors (Lipinski definition) is 2. The van der Waals surface area contributed by atoms with Crippen molar-refractivity contribution in [3.8, 4) is 0 Å². The van der Waals surface area contributed by atoms with Crippen LogP contribution in [0.3, 0.4) is 0 Å². The highest BCUT2D eigenvalue weighted by Crippen LogP contribution is 2.08. The van der Waals surface area contributed by atoms with Crippen LogP contribution < -0.4 is 10.6 Å². The Bertz CT molecular complexity index is 633. The van der Waals surface area contributed by atoms with E-state index in [1.165, 1.54) is 0 Å². The van der Waals surface area contributed by atoms with E-state index in [4.69, 9.17) is 9.47 Å². The van der Waals surface area contributed by atoms with Gasteiger partial charge in [0.15, 0.2) is 0 Å². The van der Waals surface area contributed by atoms with Crippen LogP contribution in [0.2, 0.25) is 0 Å². The predicted octanol–water partition coefficient (Wildman–Crippen LogP) is 3.57. The van der Waals surface area contributed by atoms with Crippen LogP contribution in [0, 0.1) is 5.92 Å². The molecule has 2 atom stereocenters. The first-order chi connectivity index (χ1) is 13.9. The van der Waals surface area contributed by atoms with Gasteiger partial charge in [0.05, 0.1) is 6.61 Å². The molecular formula is C22H34N2O5. The van der Waals surface area contributed by atoms with Crippen molar-refractivity contribution in [2.24, 2.45) is 5.92 Å². The van der Waals surface area contributed by atoms with Crippen LogP contribution in [-0.2, 0) is 25.7 Å². The van der Waals surface area contributed by atoms with Gasteiger partial charge in [-0.2, -0.15) is 0 Å². The zero-order valence-corrected chi connectivity index (χ0v) is 17.9. The van der Waals surface area contributed by atoms with Gasteiger partial charge >= 0.3 is 12.1 Å². The summed E-state index contributed by atoms with van der Waals surface area (Å²) in [6.45, 7) is 8.16. The van der Waals surface area contributed by atoms with Crippen molar-refractivity contribution in [1.29, 1.82) is 0 Å². The van der Waals surface area contributed by atoms with E-state index in [1.54, 1.807) is 6.92 Å². The molecule has 0 radical (unpaired) electrons. The van der Waals surface area contributed by atoms with Gasteiger partial charge in [-0.25, -0.2) is 9.59 Å². The fourth-order valence-electron chi connectivity index (χ4n) is 2.63. The second-order valence-corrected chi connectivity index (χ2v) is 7.38. The molecule has 0 saturated heterocycles. The van der Waals surface area contributed by atoms with Gasteiger partial charge in [-0.05, 0) is 30.7 Å². The van der Waals surface area contributed by atoms with E-state index in [-0.39, 0.29) is 12.5 Å². The van der Waals surface area contributed by atoms with E-state index in [9.17, 15) is 14.4 Å². The third-order valence-electron chi connectivity index (χ3n) is 4.28. The molecule has 2 N–H and O–H groups in total. The molecule has 0 bridgehead atoms. The second-order valence-electron chi connectivity index (χ2n) is 7.38. The maximum atomic E-state index is 12.7. The molecule has 0 saturated carbocycles. The Labute approximate surface area is 173 Å². The lowest BCUT2D eigenvalue weighted by atomic mass is 10.0. The first-order valence-electron chi connectivity index (χ1n) is 10.3. The number of unbranched alkanes of at least 4 members (excludes halogenated alkanes) is 1. The summed E-state index contributed by atoms with van der Waals surface area (Å²) in [7, 11) is 0. The van der Waals surface area contributed by atoms with E-state index in [1.807, 2.05) is 51.1 Å². The molecule has 162 valence electrons. The molecule has 0 aliphatic heterocycles. The minimum atomic E-state index is -0.796. The molecule has 7 heteroatoms. The van der Waals surface area contributed by atoms with Gasteiger partial charge in [0.2, 0.25) is 5.91 Å². The lowest BCUT2D eigenvalue weighted by molar-refractivity contribution is -0.148. The fourth-order valence-corrected chi connectivity index (χ4v) is 2.63. The molecule has 2 amide bonds. The Kier molecular flexibility index (Phi) is 11.5. The topological polar surface area (TPSA) is 93.7 Å². The number of ether oxygens (including phenoxy) is 2. The lowest BCUT2D eigenvalue weighted by Gasteiger charge is -2.23. The van der Waals surface area contributed by atoms with Crippen molar-refractivity contribution in [1.82, 2.24) is 10.6 Å². The summed E-state index contributed by atoms with van der Waals surface area (Å²) in [5.74, 6) is -0.712. The van der Waals surface area contributed by atoms with E-state index >= 15 is 0 Å². The number of alkyl carbamates (subject to hydrolysis) is 1. The molecule has 0 unspecified atom stereocenters. The van der Waals surface area contributed by atoms with Crippen molar-refractivity contribution in [2.75, 3.05) is 6.61 Å². The molecule has 0 aliphatic rings. The predicted molar refractivity (Wildman–Crippen MR) is 111 cm³/mol. The van der Waals surface area contributed by atoms with Gasteiger partial charge in [-0.3, -0.25) is 4.79 Å². The maximum Gasteiger partial charge on any atom is 0.408 e. The Hall–Kier alpha value is -2.57. The molecule has 1 rings (SSSR count). The van der Waals surface area contributed by atoms with Gasteiger partial charge in [-0.1, -0.05) is 64.4 Å². The van der Waals surface area contributed by atoms with Crippen molar-refractivity contribution >= 4 is 18.0 Å². The summed E-state index contributed by atoms with van der Waals surface area (Å²) in [6, 6.07) is 7.76. The summed E-state index contributed by atoms with van der Waals surface area (Å²) in [6.07, 6.45) is 1.85. The van der Waals surface area contributed by atoms with E-state index in [0.717, 1.165) is 18.4 Å². The minimum absolute atomic E-state index is 0.115. The van der Waals surface area contributed by atoms with Crippen LogP contribution in [-0.4, -0.2) is 36.7 Å². The zero-order chi connectivity index (χ0) is 21.6. The van der Waals surface area contributed by atoms with Gasteiger partial charge in [0.1, 0.15) is 18.7 Å². The Morgan fingerprint density at radius 3 is 2.24 bits per heavy atom. The molecule has 7 nitrogen and oxygen atoms in total. The number of rotatable bonds is 12. The third-order valence-corrected chi connectivity index (χ3v) is 4.28. The summed E-state index contributed by atoms with van der Waals surface area (Å²) >= 11 is 0. The molecule has 1 aromatic rings. The van der Waals surface area contributed by atoms with Crippen LogP contribution >= 0.6 is 0 Å². The average Bonchev–Trinajstić information content (AvgIpc) is 2.70. The number of hydrogen-bond acceptors (Lipinski definition) is 5. The molecule has 0 aromatic heterocycles. The van der Waals surface area contributed by atoms with Gasteiger partial charge in [-0.15, -0.1) is 0 Å². The highest BCUT2D eigenvalue weighted by molar-refractivity contribution is 5.89. The van der Waals surface area contributed by atoms with Crippen LogP contribution in [0.15, 0.2) is 30.3 Å². The van der Waals surface area contributed by atoms with E-state index in [0.29, 0.717) is 19.4 Å². The smallest absolute Gasteiger partial charge is 0.408 e. The van der Waals surface area contributed by atoms with Crippen LogP contribution in [0.5, 0.6) is 0 Å². The molecule has 0 aliphatic carbocycles. The minimum Gasteiger partial charge on any atom is -0.464 e. The normalized spacial score (nSPS) is 12.7. The summed E-state index contributed by atoms with van der Waals surface area (Å²) in [5, 5.41) is 5.31. The first-order valence-corrected chi connectivity index (χ1v) is 10.3. The second kappa shape index (κ2) is 13.6. The average molecular weight is 407 g/mol. The summed E-state index contributed by atoms with van der Waals surface area (Å²) in [5.41, 5.74) is 0.855. The van der Waals surface area contributed by atoms with Crippen molar-refractivity contribution in [2.45, 2.75) is 72.1 Å². The number of benzene rings is 1. The largest absolute Gasteiger partial charge is 0.464 e. The number of carbonyl (C=O) groups excluding carboxylic acids is 3. The number of esters is 1. The van der Waals surface area contributed by atoms with E-state index < -0.39 is 30.1 Å². The summed E-state index contributed by atoms with van der Waals surface area (Å²) in [4.78, 5) is 37.0. The van der Waals surface area contributed by atoms with Crippen LogP contribution in [0.1, 0.15) is 58.9 Å². The van der Waals surface area contributed by atoms with Crippen LogP contribution in [0.25, 0.3) is 0 Å². The van der Waals surface area contributed by atoms with Gasteiger partial charge < -0.3 is 20.1 Å². The third kappa shape index (κ3) is 9.96. The molecule has 0 heterocycles. The monoisotopic (exact) mass is 406 g/mol. The van der Waals surface area contributed by atoms with Crippen molar-refractivity contribution in [3.05, 3.63) is 35.9 Å². The number of carbonyl (C=O) groups is 3. The molecule has 29 heavy (non-hydrogen) atoms. The van der Waals surface area contributed by atoms with Gasteiger partial charge in [0, 0.05) is 0 Å². The number of nitrogens with one attached hydrogen (secondary N) is 2. The fraction of sp³-hybridized carbons (Fsp3) is 0.591. The van der Waals surface area contributed by atoms with E-state index in [2.05, 4.69) is 10.6 Å². The van der Waals surface area contributed by atoms with Crippen molar-refractivity contribution < 1.29 is 23.9 Å². The zero-order valence-electron chi connectivity index (χ0n) is 17.9. The SMILES string of the molecule is CCCCOC(=O)[C@H](CC)NC(=O)[C@H](CC(C)C)NC(=O)OCc1ccccc1. The molecule has 0 spiro atoms. The van der Waals surface area contributed by atoms with Crippen molar-refractivity contribution in [3.63, 3.8) is 0 Å². The molecular weight excluding hydrogens is 372 g/mol. The standard InChI is InChI=1S/C22H34N2O5/c1-5-7-13-28-21(26)18(6-2)23-20(25)19(14-16(3)4)24-22(27)29-15-17-11-9-8-10-12-17/h8-12,16,18-19H,5-7,13-15H2,1-4H3,(H,23,25)(H,24,27)/t18-,19-/m0/s1. The Balaban J connectivity index is 2.63. The summed E-state index contributed by atoms with van der Waals surface area (Å²) < 4.78 is 10.4. The Morgan fingerprint density at radius 2 is 1.66 bits per heavy atom. The highest BCUT2D eigenvalue weighted by atomic mass is 16.5. The maximum absolute atomic E-state index is 12.7. The Morgan fingerprint density at radius 1 is 0.966 bits per heavy atom. The first kappa shape index (κ1) is 24.5.